The highest BCUT2D eigenvalue weighted by atomic mass is 16.5. The summed E-state index contributed by atoms with van der Waals surface area (Å²) in [6.07, 6.45) is 5.50. The molecular formula is C16H24N4O2. The number of anilines is 2. The molecule has 2 rings (SSSR count). The third kappa shape index (κ3) is 4.33. The molecule has 0 atom stereocenters. The Kier molecular flexibility index (Phi) is 5.97. The SMILES string of the molecule is C=CN(/C=C\NCCO)CCN1CCOc2cc(N)ccc21. The zero-order valence-electron chi connectivity index (χ0n) is 12.7. The summed E-state index contributed by atoms with van der Waals surface area (Å²) in [6.45, 7) is 7.66. The first-order valence-corrected chi connectivity index (χ1v) is 7.41. The van der Waals surface area contributed by atoms with Crippen LogP contribution in [0.4, 0.5) is 11.4 Å². The fourth-order valence-electron chi connectivity index (χ4n) is 2.29. The number of hydrogen-bond donors (Lipinski definition) is 3. The van der Waals surface area contributed by atoms with E-state index in [-0.39, 0.29) is 6.61 Å². The van der Waals surface area contributed by atoms with E-state index < -0.39 is 0 Å². The zero-order chi connectivity index (χ0) is 15.8. The summed E-state index contributed by atoms with van der Waals surface area (Å²) in [5, 5.41) is 11.7. The molecule has 1 aliphatic heterocycles. The van der Waals surface area contributed by atoms with Gasteiger partial charge in [-0.2, -0.15) is 0 Å². The minimum atomic E-state index is 0.117. The van der Waals surface area contributed by atoms with Crippen LogP contribution in [0.25, 0.3) is 0 Å². The Bertz CT molecular complexity index is 519. The minimum absolute atomic E-state index is 0.117. The predicted octanol–water partition coefficient (Wildman–Crippen LogP) is 0.966. The largest absolute Gasteiger partial charge is 0.489 e. The Balaban J connectivity index is 1.91. The average Bonchev–Trinajstić information content (AvgIpc) is 2.54. The second-order valence-corrected chi connectivity index (χ2v) is 4.98. The second kappa shape index (κ2) is 8.19. The lowest BCUT2D eigenvalue weighted by molar-refractivity contribution is 0.298. The Labute approximate surface area is 131 Å². The van der Waals surface area contributed by atoms with Crippen molar-refractivity contribution in [2.24, 2.45) is 0 Å². The maximum Gasteiger partial charge on any atom is 0.144 e. The Morgan fingerprint density at radius 3 is 3.14 bits per heavy atom. The third-order valence-electron chi connectivity index (χ3n) is 3.45. The van der Waals surface area contributed by atoms with Gasteiger partial charge in [0.25, 0.3) is 0 Å². The summed E-state index contributed by atoms with van der Waals surface area (Å²) in [5.41, 5.74) is 7.59. The molecule has 0 unspecified atom stereocenters. The van der Waals surface area contributed by atoms with Gasteiger partial charge in [0.1, 0.15) is 12.4 Å². The molecule has 0 radical (unpaired) electrons. The van der Waals surface area contributed by atoms with Crippen LogP contribution < -0.4 is 20.7 Å². The molecule has 120 valence electrons. The fraction of sp³-hybridized carbons (Fsp3) is 0.375. The highest BCUT2D eigenvalue weighted by Crippen LogP contribution is 2.32. The number of aliphatic hydroxyl groups is 1. The lowest BCUT2D eigenvalue weighted by atomic mass is 10.2. The summed E-state index contributed by atoms with van der Waals surface area (Å²) in [6, 6.07) is 5.76. The molecule has 22 heavy (non-hydrogen) atoms. The van der Waals surface area contributed by atoms with Crippen LogP contribution in [0.15, 0.2) is 43.4 Å². The van der Waals surface area contributed by atoms with Gasteiger partial charge in [-0.1, -0.05) is 6.58 Å². The number of nitrogens with one attached hydrogen (secondary N) is 1. The van der Waals surface area contributed by atoms with Gasteiger partial charge in [0.15, 0.2) is 0 Å². The van der Waals surface area contributed by atoms with Gasteiger partial charge in [-0.05, 0) is 18.3 Å². The van der Waals surface area contributed by atoms with Crippen molar-refractivity contribution in [2.75, 3.05) is 50.0 Å². The van der Waals surface area contributed by atoms with Gasteiger partial charge in [-0.25, -0.2) is 0 Å². The molecule has 0 saturated heterocycles. The first kappa shape index (κ1) is 16.0. The summed E-state index contributed by atoms with van der Waals surface area (Å²) < 4.78 is 5.66. The molecule has 4 N–H and O–H groups in total. The molecule has 0 amide bonds. The number of aliphatic hydroxyl groups excluding tert-OH is 1. The Hall–Kier alpha value is -2.34. The maximum atomic E-state index is 8.72. The van der Waals surface area contributed by atoms with E-state index in [0.29, 0.717) is 18.8 Å². The molecule has 0 saturated carbocycles. The Morgan fingerprint density at radius 1 is 1.50 bits per heavy atom. The number of rotatable bonds is 8. The van der Waals surface area contributed by atoms with E-state index in [0.717, 1.165) is 31.1 Å². The van der Waals surface area contributed by atoms with E-state index in [4.69, 9.17) is 15.6 Å². The molecule has 0 aromatic heterocycles. The van der Waals surface area contributed by atoms with Crippen LogP contribution in [0.5, 0.6) is 5.75 Å². The topological polar surface area (TPSA) is 74.0 Å². The fourth-order valence-corrected chi connectivity index (χ4v) is 2.29. The standard InChI is InChI=1S/C16H24N4O2/c1-2-19(7-5-18-6-11-21)8-9-20-10-12-22-16-13-14(17)3-4-15(16)20/h2-5,7,13,18,21H,1,6,8-12,17H2/b7-5-. The lowest BCUT2D eigenvalue weighted by Gasteiger charge is -2.32. The number of fused-ring (bicyclic) bond motifs is 1. The molecule has 1 aromatic rings. The number of ether oxygens (including phenoxy) is 1. The second-order valence-electron chi connectivity index (χ2n) is 4.98. The van der Waals surface area contributed by atoms with Crippen LogP contribution in [-0.4, -0.2) is 49.4 Å². The molecule has 1 heterocycles. The molecule has 1 aromatic carbocycles. The van der Waals surface area contributed by atoms with E-state index in [1.54, 1.807) is 6.20 Å². The molecule has 0 bridgehead atoms. The maximum absolute atomic E-state index is 8.72. The quantitative estimate of drug-likeness (QED) is 0.491. The van der Waals surface area contributed by atoms with E-state index in [9.17, 15) is 0 Å². The van der Waals surface area contributed by atoms with E-state index in [2.05, 4.69) is 16.8 Å². The smallest absolute Gasteiger partial charge is 0.144 e. The van der Waals surface area contributed by atoms with Crippen LogP contribution in [0.1, 0.15) is 0 Å². The molecule has 0 fully saturated rings. The van der Waals surface area contributed by atoms with Gasteiger partial charge >= 0.3 is 0 Å². The van der Waals surface area contributed by atoms with Crippen LogP contribution in [0, 0.1) is 0 Å². The molecule has 6 heteroatoms. The van der Waals surface area contributed by atoms with Crippen LogP contribution in [0.2, 0.25) is 0 Å². The van der Waals surface area contributed by atoms with Crippen LogP contribution >= 0.6 is 0 Å². The van der Waals surface area contributed by atoms with Crippen LogP contribution in [0.3, 0.4) is 0 Å². The van der Waals surface area contributed by atoms with Gasteiger partial charge in [0, 0.05) is 43.8 Å². The number of nitrogens with two attached hydrogens (primary N) is 1. The van der Waals surface area contributed by atoms with E-state index in [1.165, 1.54) is 0 Å². The van der Waals surface area contributed by atoms with Crippen molar-refractivity contribution in [2.45, 2.75) is 0 Å². The number of nitrogen functional groups attached to an aromatic ring is 1. The summed E-state index contributed by atoms with van der Waals surface area (Å²) >= 11 is 0. The first-order chi connectivity index (χ1) is 10.7. The van der Waals surface area contributed by atoms with Crippen molar-refractivity contribution in [3.63, 3.8) is 0 Å². The van der Waals surface area contributed by atoms with Gasteiger partial charge in [0.05, 0.1) is 18.8 Å². The van der Waals surface area contributed by atoms with Gasteiger partial charge in [0.2, 0.25) is 0 Å². The molecule has 6 nitrogen and oxygen atoms in total. The summed E-state index contributed by atoms with van der Waals surface area (Å²) in [5.74, 6) is 0.844. The first-order valence-electron chi connectivity index (χ1n) is 7.41. The van der Waals surface area contributed by atoms with Gasteiger partial charge in [-0.3, -0.25) is 0 Å². The monoisotopic (exact) mass is 304 g/mol. The molecule has 1 aliphatic rings. The molecule has 0 spiro atoms. The highest BCUT2D eigenvalue weighted by Gasteiger charge is 2.17. The van der Waals surface area contributed by atoms with E-state index >= 15 is 0 Å². The molecular weight excluding hydrogens is 280 g/mol. The van der Waals surface area contributed by atoms with Crippen molar-refractivity contribution in [3.8, 4) is 5.75 Å². The zero-order valence-corrected chi connectivity index (χ0v) is 12.7. The number of hydrogen-bond acceptors (Lipinski definition) is 6. The van der Waals surface area contributed by atoms with E-state index in [1.807, 2.05) is 35.5 Å². The predicted molar refractivity (Wildman–Crippen MR) is 89.7 cm³/mol. The lowest BCUT2D eigenvalue weighted by Crippen LogP contribution is -2.37. The van der Waals surface area contributed by atoms with Crippen molar-refractivity contribution in [1.82, 2.24) is 10.2 Å². The Morgan fingerprint density at radius 2 is 2.36 bits per heavy atom. The average molecular weight is 304 g/mol. The minimum Gasteiger partial charge on any atom is -0.489 e. The van der Waals surface area contributed by atoms with Gasteiger partial charge < -0.3 is 30.7 Å². The van der Waals surface area contributed by atoms with Crippen molar-refractivity contribution in [1.29, 1.82) is 0 Å². The van der Waals surface area contributed by atoms with Gasteiger partial charge in [-0.15, -0.1) is 0 Å². The summed E-state index contributed by atoms with van der Waals surface area (Å²) in [4.78, 5) is 4.28. The van der Waals surface area contributed by atoms with Crippen molar-refractivity contribution >= 4 is 11.4 Å². The normalized spacial score (nSPS) is 13.6. The highest BCUT2D eigenvalue weighted by molar-refractivity contribution is 5.65. The third-order valence-corrected chi connectivity index (χ3v) is 3.45. The number of benzene rings is 1. The number of nitrogens with zero attached hydrogens (tertiary/aromatic N) is 2. The molecule has 0 aliphatic carbocycles. The van der Waals surface area contributed by atoms with Crippen molar-refractivity contribution < 1.29 is 9.84 Å². The van der Waals surface area contributed by atoms with Crippen molar-refractivity contribution in [3.05, 3.63) is 43.4 Å². The van der Waals surface area contributed by atoms with Crippen LogP contribution in [-0.2, 0) is 0 Å². The summed E-state index contributed by atoms with van der Waals surface area (Å²) in [7, 11) is 0.